The molecule has 0 aliphatic rings. The first-order valence-corrected chi connectivity index (χ1v) is 11.4. The van der Waals surface area contributed by atoms with E-state index >= 15 is 0 Å². The summed E-state index contributed by atoms with van der Waals surface area (Å²) >= 11 is 0. The van der Waals surface area contributed by atoms with Crippen LogP contribution in [0.5, 0.6) is 0 Å². The fraction of sp³-hybridized carbons (Fsp3) is 0.179. The molecule has 1 aromatic heterocycles. The van der Waals surface area contributed by atoms with Crippen molar-refractivity contribution in [2.45, 2.75) is 25.0 Å². The van der Waals surface area contributed by atoms with Crippen molar-refractivity contribution in [3.63, 3.8) is 0 Å². The maximum Gasteiger partial charge on any atom is 0.332 e. The van der Waals surface area contributed by atoms with Crippen LogP contribution in [0, 0.1) is 0 Å². The first kappa shape index (κ1) is 23.9. The summed E-state index contributed by atoms with van der Waals surface area (Å²) in [7, 11) is 1.76. The van der Waals surface area contributed by atoms with Gasteiger partial charge in [-0.2, -0.15) is 5.10 Å². The van der Waals surface area contributed by atoms with Crippen molar-refractivity contribution < 1.29 is 19.8 Å². The Morgan fingerprint density at radius 3 is 2.06 bits per heavy atom. The minimum atomic E-state index is -1.59. The normalized spacial score (nSPS) is 12.6. The Kier molecular flexibility index (Phi) is 7.38. The molecular weight excluding hydrogens is 442 g/mol. The lowest BCUT2D eigenvalue weighted by molar-refractivity contribution is -0.147. The van der Waals surface area contributed by atoms with Crippen LogP contribution in [0.3, 0.4) is 0 Å². The van der Waals surface area contributed by atoms with Gasteiger partial charge in [0, 0.05) is 19.5 Å². The first-order chi connectivity index (χ1) is 16.9. The second kappa shape index (κ2) is 10.8. The van der Waals surface area contributed by atoms with Gasteiger partial charge in [0.1, 0.15) is 0 Å². The van der Waals surface area contributed by atoms with Crippen molar-refractivity contribution in [3.05, 3.63) is 102 Å². The van der Waals surface area contributed by atoms with E-state index < -0.39 is 24.0 Å². The van der Waals surface area contributed by atoms with Crippen LogP contribution >= 0.6 is 0 Å². The monoisotopic (exact) mass is 469 g/mol. The van der Waals surface area contributed by atoms with Gasteiger partial charge in [0.25, 0.3) is 5.91 Å². The number of hydrogen-bond acceptors (Lipinski definition) is 4. The number of aliphatic hydroxyl groups excluding tert-OH is 1. The van der Waals surface area contributed by atoms with Crippen LogP contribution in [0.2, 0.25) is 0 Å². The molecule has 3 aromatic carbocycles. The number of aliphatic carboxylic acids is 1. The van der Waals surface area contributed by atoms with E-state index in [2.05, 4.69) is 10.4 Å². The predicted molar refractivity (Wildman–Crippen MR) is 134 cm³/mol. The number of aromatic nitrogens is 2. The summed E-state index contributed by atoms with van der Waals surface area (Å²) in [6.45, 7) is 0. The van der Waals surface area contributed by atoms with Crippen molar-refractivity contribution in [2.24, 2.45) is 7.05 Å². The van der Waals surface area contributed by atoms with Crippen LogP contribution in [-0.4, -0.2) is 44.0 Å². The lowest BCUT2D eigenvalue weighted by atomic mass is 9.97. The standard InChI is InChI=1S/C28H27N3O4/c1-31-25(22-10-6-3-7-11-22)18-24(30-31)27(33)29-23(17-26(32)28(34)35)16-19-12-14-21(15-13-19)20-8-4-2-5-9-20/h2-15,18,23,26,32H,16-17H2,1H3,(H,29,33)(H,34,35)/t23?,26-/m1/s1. The largest absolute Gasteiger partial charge is 0.479 e. The second-order valence-electron chi connectivity index (χ2n) is 8.43. The fourth-order valence-corrected chi connectivity index (χ4v) is 4.03. The molecule has 7 nitrogen and oxygen atoms in total. The smallest absolute Gasteiger partial charge is 0.332 e. The van der Waals surface area contributed by atoms with E-state index in [-0.39, 0.29) is 12.1 Å². The zero-order chi connectivity index (χ0) is 24.8. The summed E-state index contributed by atoms with van der Waals surface area (Å²) in [5.74, 6) is -1.75. The van der Waals surface area contributed by atoms with E-state index in [0.717, 1.165) is 27.9 Å². The molecular formula is C28H27N3O4. The fourth-order valence-electron chi connectivity index (χ4n) is 4.03. The van der Waals surface area contributed by atoms with Gasteiger partial charge in [0.2, 0.25) is 0 Å². The number of nitrogens with one attached hydrogen (secondary N) is 1. The highest BCUT2D eigenvalue weighted by atomic mass is 16.4. The van der Waals surface area contributed by atoms with Gasteiger partial charge in [0.05, 0.1) is 5.69 Å². The van der Waals surface area contributed by atoms with Gasteiger partial charge in [-0.05, 0) is 34.7 Å². The van der Waals surface area contributed by atoms with E-state index in [1.807, 2.05) is 84.9 Å². The molecule has 3 N–H and O–H groups in total. The number of aliphatic hydroxyl groups is 1. The summed E-state index contributed by atoms with van der Waals surface area (Å²) in [4.78, 5) is 24.3. The van der Waals surface area contributed by atoms with Crippen molar-refractivity contribution in [1.29, 1.82) is 0 Å². The number of benzene rings is 3. The molecule has 0 spiro atoms. The molecule has 0 fully saturated rings. The van der Waals surface area contributed by atoms with Gasteiger partial charge in [-0.15, -0.1) is 0 Å². The SMILES string of the molecule is Cn1nc(C(=O)NC(Cc2ccc(-c3ccccc3)cc2)C[C@@H](O)C(=O)O)cc1-c1ccccc1. The zero-order valence-electron chi connectivity index (χ0n) is 19.3. The van der Waals surface area contributed by atoms with E-state index in [4.69, 9.17) is 0 Å². The number of nitrogens with zero attached hydrogens (tertiary/aromatic N) is 2. The van der Waals surface area contributed by atoms with E-state index in [9.17, 15) is 19.8 Å². The van der Waals surface area contributed by atoms with Gasteiger partial charge in [-0.3, -0.25) is 9.48 Å². The number of rotatable bonds is 9. The number of carboxylic acid groups (broad SMARTS) is 1. The number of hydrogen-bond donors (Lipinski definition) is 3. The predicted octanol–water partition coefficient (Wildman–Crippen LogP) is 3.93. The molecule has 2 atom stereocenters. The Morgan fingerprint density at radius 1 is 0.886 bits per heavy atom. The van der Waals surface area contributed by atoms with E-state index in [0.29, 0.717) is 6.42 Å². The Hall–Kier alpha value is -4.23. The first-order valence-electron chi connectivity index (χ1n) is 11.4. The minimum absolute atomic E-state index is 0.125. The molecule has 0 aliphatic heterocycles. The lowest BCUT2D eigenvalue weighted by Crippen LogP contribution is -2.40. The average molecular weight is 470 g/mol. The van der Waals surface area contributed by atoms with Crippen LogP contribution in [0.4, 0.5) is 0 Å². The zero-order valence-corrected chi connectivity index (χ0v) is 19.3. The van der Waals surface area contributed by atoms with Crippen LogP contribution < -0.4 is 5.32 Å². The van der Waals surface area contributed by atoms with Gasteiger partial charge < -0.3 is 15.5 Å². The molecule has 7 heteroatoms. The topological polar surface area (TPSA) is 104 Å². The molecule has 4 aromatic rings. The summed E-state index contributed by atoms with van der Waals surface area (Å²) in [6.07, 6.45) is -1.35. The summed E-state index contributed by atoms with van der Waals surface area (Å²) in [6, 6.07) is 28.5. The highest BCUT2D eigenvalue weighted by Crippen LogP contribution is 2.21. The minimum Gasteiger partial charge on any atom is -0.479 e. The number of carboxylic acids is 1. The van der Waals surface area contributed by atoms with E-state index in [1.54, 1.807) is 17.8 Å². The van der Waals surface area contributed by atoms with Crippen LogP contribution in [-0.2, 0) is 18.3 Å². The van der Waals surface area contributed by atoms with Crippen molar-refractivity contribution >= 4 is 11.9 Å². The molecule has 35 heavy (non-hydrogen) atoms. The molecule has 1 heterocycles. The molecule has 0 radical (unpaired) electrons. The van der Waals surface area contributed by atoms with E-state index in [1.165, 1.54) is 0 Å². The Morgan fingerprint density at radius 2 is 1.46 bits per heavy atom. The van der Waals surface area contributed by atoms with Gasteiger partial charge in [-0.1, -0.05) is 84.9 Å². The van der Waals surface area contributed by atoms with Crippen LogP contribution in [0.1, 0.15) is 22.5 Å². The third-order valence-corrected chi connectivity index (χ3v) is 5.85. The quantitative estimate of drug-likeness (QED) is 0.345. The number of aryl methyl sites for hydroxylation is 1. The summed E-state index contributed by atoms with van der Waals surface area (Å²) < 4.78 is 1.63. The third-order valence-electron chi connectivity index (χ3n) is 5.85. The molecule has 0 bridgehead atoms. The molecule has 4 rings (SSSR count). The molecule has 0 saturated heterocycles. The van der Waals surface area contributed by atoms with Crippen molar-refractivity contribution in [1.82, 2.24) is 15.1 Å². The molecule has 1 unspecified atom stereocenters. The van der Waals surface area contributed by atoms with Gasteiger partial charge in [-0.25, -0.2) is 4.79 Å². The number of carbonyl (C=O) groups excluding carboxylic acids is 1. The molecule has 0 aliphatic carbocycles. The molecule has 178 valence electrons. The lowest BCUT2D eigenvalue weighted by Gasteiger charge is -2.20. The van der Waals surface area contributed by atoms with Crippen LogP contribution in [0.25, 0.3) is 22.4 Å². The highest BCUT2D eigenvalue weighted by Gasteiger charge is 2.24. The Bertz CT molecular complexity index is 1290. The Balaban J connectivity index is 1.51. The third kappa shape index (κ3) is 6.02. The van der Waals surface area contributed by atoms with Crippen LogP contribution in [0.15, 0.2) is 91.0 Å². The van der Waals surface area contributed by atoms with Crippen molar-refractivity contribution in [3.8, 4) is 22.4 Å². The molecule has 1 amide bonds. The number of carbonyl (C=O) groups is 2. The molecule has 0 saturated carbocycles. The maximum atomic E-state index is 13.0. The second-order valence-corrected chi connectivity index (χ2v) is 8.43. The Labute approximate surface area is 203 Å². The maximum absolute atomic E-state index is 13.0. The van der Waals surface area contributed by atoms with Gasteiger partial charge in [0.15, 0.2) is 11.8 Å². The summed E-state index contributed by atoms with van der Waals surface area (Å²) in [5.41, 5.74) is 5.00. The number of amides is 1. The van der Waals surface area contributed by atoms with Crippen molar-refractivity contribution in [2.75, 3.05) is 0 Å². The average Bonchev–Trinajstić information content (AvgIpc) is 3.27. The van der Waals surface area contributed by atoms with Gasteiger partial charge >= 0.3 is 5.97 Å². The highest BCUT2D eigenvalue weighted by molar-refractivity contribution is 5.93. The summed E-state index contributed by atoms with van der Waals surface area (Å²) in [5, 5.41) is 26.4.